The zero-order chi connectivity index (χ0) is 24.2. The third kappa shape index (κ3) is 3.66. The molecule has 0 saturated carbocycles. The number of amides is 1. The van der Waals surface area contributed by atoms with Crippen LogP contribution in [0.2, 0.25) is 0 Å². The summed E-state index contributed by atoms with van der Waals surface area (Å²) in [5.74, 6) is -0.772. The summed E-state index contributed by atoms with van der Waals surface area (Å²) in [4.78, 5) is 25.7. The van der Waals surface area contributed by atoms with E-state index in [4.69, 9.17) is 0 Å². The monoisotopic (exact) mass is 470 g/mol. The fourth-order valence-electron chi connectivity index (χ4n) is 4.77. The van der Waals surface area contributed by atoms with Crippen molar-refractivity contribution >= 4 is 17.5 Å². The number of hydrogen-bond donors (Lipinski definition) is 1. The lowest BCUT2D eigenvalue weighted by molar-refractivity contribution is -0.0833. The summed E-state index contributed by atoms with van der Waals surface area (Å²) in [7, 11) is 0. The van der Waals surface area contributed by atoms with Crippen LogP contribution in [0.5, 0.6) is 0 Å². The lowest BCUT2D eigenvalue weighted by Crippen LogP contribution is -2.72. The molecule has 0 radical (unpaired) electrons. The van der Waals surface area contributed by atoms with Crippen LogP contribution in [0.25, 0.3) is 5.65 Å². The molecule has 1 aromatic carbocycles. The molecule has 3 aromatic rings. The van der Waals surface area contributed by atoms with Gasteiger partial charge in [-0.05, 0) is 19.9 Å². The van der Waals surface area contributed by atoms with Gasteiger partial charge in [-0.25, -0.2) is 23.1 Å². The smallest absolute Gasteiger partial charge is 0.274 e. The molecule has 178 valence electrons. The van der Waals surface area contributed by atoms with Crippen molar-refractivity contribution in [3.8, 4) is 0 Å². The van der Waals surface area contributed by atoms with Gasteiger partial charge in [-0.3, -0.25) is 9.20 Å². The fourth-order valence-corrected chi connectivity index (χ4v) is 4.77. The van der Waals surface area contributed by atoms with E-state index in [9.17, 15) is 18.0 Å². The number of imidazole rings is 1. The highest BCUT2D eigenvalue weighted by molar-refractivity contribution is 5.93. The van der Waals surface area contributed by atoms with E-state index in [1.807, 2.05) is 6.92 Å². The Labute approximate surface area is 194 Å². The first-order valence-corrected chi connectivity index (χ1v) is 11.0. The summed E-state index contributed by atoms with van der Waals surface area (Å²) < 4.78 is 42.4. The van der Waals surface area contributed by atoms with Gasteiger partial charge in [0.2, 0.25) is 5.95 Å². The number of halogens is 3. The predicted octanol–water partition coefficient (Wildman–Crippen LogP) is 4.27. The molecule has 0 unspecified atom stereocenters. The second kappa shape index (κ2) is 8.03. The van der Waals surface area contributed by atoms with Gasteiger partial charge in [0.1, 0.15) is 17.2 Å². The van der Waals surface area contributed by atoms with Crippen LogP contribution in [-0.4, -0.2) is 56.3 Å². The molecule has 1 amide bonds. The number of rotatable bonds is 6. The van der Waals surface area contributed by atoms with Crippen molar-refractivity contribution in [2.45, 2.75) is 26.3 Å². The van der Waals surface area contributed by atoms with Crippen LogP contribution in [-0.2, 0) is 0 Å². The molecule has 2 aliphatic heterocycles. The zero-order valence-corrected chi connectivity index (χ0v) is 18.9. The van der Waals surface area contributed by atoms with E-state index in [0.29, 0.717) is 30.4 Å². The molecule has 1 atom stereocenters. The third-order valence-electron chi connectivity index (χ3n) is 6.64. The summed E-state index contributed by atoms with van der Waals surface area (Å²) in [6, 6.07) is 4.94. The number of nitrogens with zero attached hydrogens (tertiary/aromatic N) is 5. The Balaban J connectivity index is 1.32. The van der Waals surface area contributed by atoms with Crippen LogP contribution in [0.1, 0.15) is 47.9 Å². The highest BCUT2D eigenvalue weighted by atomic mass is 19.3. The van der Waals surface area contributed by atoms with E-state index < -0.39 is 23.8 Å². The number of anilines is 1. The van der Waals surface area contributed by atoms with Gasteiger partial charge in [0.25, 0.3) is 12.3 Å². The fraction of sp³-hybridized carbons (Fsp3) is 0.375. The van der Waals surface area contributed by atoms with Crippen molar-refractivity contribution in [1.82, 2.24) is 24.2 Å². The number of alkyl halides is 2. The first kappa shape index (κ1) is 22.2. The van der Waals surface area contributed by atoms with E-state index >= 15 is 0 Å². The molecule has 2 aliphatic rings. The van der Waals surface area contributed by atoms with Crippen molar-refractivity contribution in [3.63, 3.8) is 0 Å². The van der Waals surface area contributed by atoms with Gasteiger partial charge in [0, 0.05) is 55.2 Å². The number of hydrogen-bond acceptors (Lipinski definition) is 5. The van der Waals surface area contributed by atoms with Gasteiger partial charge in [-0.1, -0.05) is 24.8 Å². The Hall–Kier alpha value is -3.56. The minimum absolute atomic E-state index is 0.100. The second-order valence-corrected chi connectivity index (χ2v) is 9.29. The van der Waals surface area contributed by atoms with Crippen LogP contribution >= 0.6 is 0 Å². The summed E-state index contributed by atoms with van der Waals surface area (Å²) in [5.41, 5.74) is 1.44. The van der Waals surface area contributed by atoms with Crippen molar-refractivity contribution < 1.29 is 18.0 Å². The molecular formula is C24H25F3N6O. The molecule has 7 nitrogen and oxygen atoms in total. The van der Waals surface area contributed by atoms with Crippen molar-refractivity contribution in [2.75, 3.05) is 31.5 Å². The maximum absolute atomic E-state index is 14.6. The average molecular weight is 470 g/mol. The number of carbonyl (C=O) groups excluding carboxylic acids is 1. The quantitative estimate of drug-likeness (QED) is 0.583. The lowest BCUT2D eigenvalue weighted by Gasteiger charge is -2.61. The number of fused-ring (bicyclic) bond motifs is 1. The van der Waals surface area contributed by atoms with E-state index in [-0.39, 0.29) is 16.9 Å². The van der Waals surface area contributed by atoms with E-state index in [0.717, 1.165) is 24.9 Å². The van der Waals surface area contributed by atoms with Crippen LogP contribution in [0, 0.1) is 11.2 Å². The molecule has 34 heavy (non-hydrogen) atoms. The normalized spacial score (nSPS) is 17.6. The van der Waals surface area contributed by atoms with E-state index in [1.54, 1.807) is 28.5 Å². The van der Waals surface area contributed by atoms with Crippen LogP contribution in [0.3, 0.4) is 0 Å². The Morgan fingerprint density at radius 3 is 2.50 bits per heavy atom. The van der Waals surface area contributed by atoms with Gasteiger partial charge in [-0.2, -0.15) is 0 Å². The predicted molar refractivity (Wildman–Crippen MR) is 121 cm³/mol. The Morgan fingerprint density at radius 1 is 1.15 bits per heavy atom. The molecule has 2 fully saturated rings. The highest BCUT2D eigenvalue weighted by Crippen LogP contribution is 2.41. The molecule has 1 spiro atoms. The standard InChI is InChI=1S/C24H25F3N6O/c1-14(2)31-10-24(11-31)12-32(13-24)22(34)18-9-33-19(30-18)7-8-28-23(33)29-15(3)16-5-4-6-17(20(16)25)21(26)27/h4-9,15,21H,1,10-13H2,2-3H3,(H,28,29)/t15-/m1/s1. The molecule has 0 aliphatic carbocycles. The SMILES string of the molecule is C=C(C)N1CC2(C1)CN(C(=O)c1cn3c(N[C@H](C)c4cccc(C(F)F)c4F)nccc3n1)C2. The summed E-state index contributed by atoms with van der Waals surface area (Å²) >= 11 is 0. The number of carbonyl (C=O) groups is 1. The van der Waals surface area contributed by atoms with Gasteiger partial charge in [-0.15, -0.1) is 0 Å². The molecule has 5 rings (SSSR count). The minimum Gasteiger partial charge on any atom is -0.374 e. The molecule has 0 bridgehead atoms. The highest BCUT2D eigenvalue weighted by Gasteiger charge is 2.53. The van der Waals surface area contributed by atoms with Crippen LogP contribution in [0.15, 0.2) is 48.9 Å². The van der Waals surface area contributed by atoms with Crippen molar-refractivity contribution in [2.24, 2.45) is 5.41 Å². The van der Waals surface area contributed by atoms with Crippen LogP contribution in [0.4, 0.5) is 19.1 Å². The third-order valence-corrected chi connectivity index (χ3v) is 6.64. The summed E-state index contributed by atoms with van der Waals surface area (Å²) in [6.07, 6.45) is 0.217. The van der Waals surface area contributed by atoms with Gasteiger partial charge in [0.15, 0.2) is 0 Å². The van der Waals surface area contributed by atoms with Gasteiger partial charge < -0.3 is 15.1 Å². The Bertz CT molecular complexity index is 1270. The molecule has 2 aromatic heterocycles. The van der Waals surface area contributed by atoms with Gasteiger partial charge >= 0.3 is 0 Å². The van der Waals surface area contributed by atoms with E-state index in [1.165, 1.54) is 18.3 Å². The Kier molecular flexibility index (Phi) is 5.26. The molecule has 4 heterocycles. The lowest BCUT2D eigenvalue weighted by atomic mass is 9.72. The maximum Gasteiger partial charge on any atom is 0.274 e. The van der Waals surface area contributed by atoms with E-state index in [2.05, 4.69) is 26.8 Å². The summed E-state index contributed by atoms with van der Waals surface area (Å²) in [6.45, 7) is 10.8. The second-order valence-electron chi connectivity index (χ2n) is 9.29. The largest absolute Gasteiger partial charge is 0.374 e. The van der Waals surface area contributed by atoms with Crippen LogP contribution < -0.4 is 5.32 Å². The molecule has 1 N–H and O–H groups in total. The molecular weight excluding hydrogens is 445 g/mol. The zero-order valence-electron chi connectivity index (χ0n) is 18.9. The summed E-state index contributed by atoms with van der Waals surface area (Å²) in [5, 5.41) is 3.05. The number of aromatic nitrogens is 3. The molecule has 2 saturated heterocycles. The average Bonchev–Trinajstić information content (AvgIpc) is 3.16. The number of nitrogens with one attached hydrogen (secondary N) is 1. The van der Waals surface area contributed by atoms with Gasteiger partial charge in [0.05, 0.1) is 11.6 Å². The minimum atomic E-state index is -2.90. The van der Waals surface area contributed by atoms with Crippen molar-refractivity contribution in [3.05, 3.63) is 71.6 Å². The first-order valence-electron chi connectivity index (χ1n) is 11.0. The topological polar surface area (TPSA) is 65.8 Å². The number of likely N-dealkylation sites (tertiary alicyclic amines) is 2. The number of benzene rings is 1. The molecule has 10 heteroatoms. The Morgan fingerprint density at radius 2 is 1.82 bits per heavy atom. The first-order chi connectivity index (χ1) is 16.2. The van der Waals surface area contributed by atoms with Crippen molar-refractivity contribution in [1.29, 1.82) is 0 Å². The maximum atomic E-state index is 14.6. The number of allylic oxidation sites excluding steroid dienone is 1.